The molecule has 0 aliphatic carbocycles. The van der Waals surface area contributed by atoms with E-state index < -0.39 is 0 Å². The zero-order valence-corrected chi connectivity index (χ0v) is 7.99. The van der Waals surface area contributed by atoms with Gasteiger partial charge in [0.15, 0.2) is 0 Å². The van der Waals surface area contributed by atoms with E-state index in [0.29, 0.717) is 0 Å². The summed E-state index contributed by atoms with van der Waals surface area (Å²) in [4.78, 5) is 0. The zero-order valence-electron chi connectivity index (χ0n) is 5.61. The third-order valence-electron chi connectivity index (χ3n) is 1.14. The molecule has 1 aliphatic rings. The van der Waals surface area contributed by atoms with Crippen LogP contribution in [0.25, 0.3) is 0 Å². The van der Waals surface area contributed by atoms with Gasteiger partial charge in [-0.05, 0) is 17.6 Å². The summed E-state index contributed by atoms with van der Waals surface area (Å²) in [6.07, 6.45) is 3.56. The van der Waals surface area contributed by atoms with Crippen LogP contribution in [-0.2, 0) is 0 Å². The van der Waals surface area contributed by atoms with E-state index in [2.05, 4.69) is 12.2 Å². The molecule has 0 aromatic carbocycles. The predicted molar refractivity (Wildman–Crippen MR) is 54.1 cm³/mol. The number of nitrogens with zero attached hydrogens (tertiary/aromatic N) is 1. The Morgan fingerprint density at radius 1 is 1.82 bits per heavy atom. The minimum Gasteiger partial charge on any atom is -0.301 e. The van der Waals surface area contributed by atoms with Gasteiger partial charge in [-0.25, -0.2) is 0 Å². The monoisotopic (exact) mass is 206 g/mol. The van der Waals surface area contributed by atoms with E-state index in [9.17, 15) is 0 Å². The van der Waals surface area contributed by atoms with Crippen LogP contribution >= 0.6 is 35.8 Å². The van der Waals surface area contributed by atoms with Crippen molar-refractivity contribution in [2.75, 3.05) is 0 Å². The molecule has 11 heavy (non-hydrogen) atoms. The van der Waals surface area contributed by atoms with E-state index in [0.717, 1.165) is 5.70 Å². The van der Waals surface area contributed by atoms with Gasteiger partial charge in [-0.3, -0.25) is 4.42 Å². The Hall–Kier alpha value is -0.0300. The average molecular weight is 207 g/mol. The van der Waals surface area contributed by atoms with Crippen LogP contribution in [0.2, 0.25) is 0 Å². The first-order valence-corrected chi connectivity index (χ1v) is 4.69. The first kappa shape index (κ1) is 9.06. The van der Waals surface area contributed by atoms with E-state index >= 15 is 0 Å². The second-order valence-corrected chi connectivity index (χ2v) is 3.50. The molecule has 0 saturated heterocycles. The zero-order chi connectivity index (χ0) is 8.27. The van der Waals surface area contributed by atoms with Crippen LogP contribution in [0.1, 0.15) is 0 Å². The van der Waals surface area contributed by atoms with Gasteiger partial charge in [0.2, 0.25) is 0 Å². The summed E-state index contributed by atoms with van der Waals surface area (Å²) in [6, 6.07) is 0. The number of halogens is 1. The molecule has 0 aromatic heterocycles. The molecule has 1 unspecified atom stereocenters. The minimum absolute atomic E-state index is 0.179. The maximum atomic E-state index is 5.78. The van der Waals surface area contributed by atoms with Gasteiger partial charge in [0.05, 0.1) is 5.70 Å². The van der Waals surface area contributed by atoms with Crippen molar-refractivity contribution < 1.29 is 0 Å². The fourth-order valence-electron chi connectivity index (χ4n) is 0.638. The fraction of sp³-hybridized carbons (Fsp3) is 0.167. The lowest BCUT2D eigenvalue weighted by Gasteiger charge is -2.14. The normalized spacial score (nSPS) is 24.4. The van der Waals surface area contributed by atoms with Gasteiger partial charge < -0.3 is 5.73 Å². The van der Waals surface area contributed by atoms with Crippen molar-refractivity contribution in [3.63, 3.8) is 0 Å². The van der Waals surface area contributed by atoms with E-state index in [-0.39, 0.29) is 5.50 Å². The summed E-state index contributed by atoms with van der Waals surface area (Å²) < 4.78 is 1.47. The Labute approximate surface area is 80.2 Å². The smallest absolute Gasteiger partial charge is 0.144 e. The molecule has 1 rings (SSSR count). The number of hydrogen-bond donors (Lipinski definition) is 1. The number of hydrogen-bond acceptors (Lipinski definition) is 4. The molecule has 1 heterocycles. The molecule has 0 amide bonds. The lowest BCUT2D eigenvalue weighted by Crippen LogP contribution is -2.26. The summed E-state index contributed by atoms with van der Waals surface area (Å²) in [5, 5.41) is 3.42. The molecule has 0 saturated carbocycles. The van der Waals surface area contributed by atoms with E-state index in [1.54, 1.807) is 6.08 Å². The summed E-state index contributed by atoms with van der Waals surface area (Å²) in [6.45, 7) is 0. The molecule has 0 radical (unpaired) electrons. The first-order valence-electron chi connectivity index (χ1n) is 2.94. The number of thioether (sulfide) groups is 1. The second-order valence-electron chi connectivity index (χ2n) is 1.88. The third-order valence-corrected chi connectivity index (χ3v) is 2.69. The Bertz CT molecular complexity index is 215. The van der Waals surface area contributed by atoms with Gasteiger partial charge in [-0.15, -0.1) is 0 Å². The number of allylic oxidation sites excluding steroid dienone is 2. The van der Waals surface area contributed by atoms with Gasteiger partial charge in [0, 0.05) is 17.1 Å². The van der Waals surface area contributed by atoms with Crippen LogP contribution in [0.4, 0.5) is 0 Å². The molecule has 2 nitrogen and oxygen atoms in total. The molecule has 0 spiro atoms. The van der Waals surface area contributed by atoms with Crippen LogP contribution in [0.3, 0.4) is 0 Å². The summed E-state index contributed by atoms with van der Waals surface area (Å²) >= 11 is 11.9. The Balaban J connectivity index is 2.60. The van der Waals surface area contributed by atoms with Gasteiger partial charge in [-0.2, -0.15) is 0 Å². The number of nitrogens with two attached hydrogens (primary N) is 1. The third kappa shape index (κ3) is 2.20. The van der Waals surface area contributed by atoms with Crippen molar-refractivity contribution in [1.29, 1.82) is 0 Å². The highest BCUT2D eigenvalue weighted by molar-refractivity contribution is 8.02. The SMILES string of the molecule is NC1SC=C(C=CC=S)N1Cl. The lowest BCUT2D eigenvalue weighted by atomic mass is 10.4. The summed E-state index contributed by atoms with van der Waals surface area (Å²) in [5.41, 5.74) is 6.28. The van der Waals surface area contributed by atoms with Crippen LogP contribution in [0.15, 0.2) is 23.3 Å². The predicted octanol–water partition coefficient (Wildman–Crippen LogP) is 1.83. The molecule has 1 aliphatic heterocycles. The van der Waals surface area contributed by atoms with E-state index in [1.165, 1.54) is 21.5 Å². The summed E-state index contributed by atoms with van der Waals surface area (Å²) in [7, 11) is 0. The van der Waals surface area contributed by atoms with Crippen LogP contribution in [-0.4, -0.2) is 15.3 Å². The molecule has 0 aromatic rings. The second kappa shape index (κ2) is 4.11. The van der Waals surface area contributed by atoms with Crippen molar-refractivity contribution in [1.82, 2.24) is 4.42 Å². The molecular weight excluding hydrogens is 200 g/mol. The van der Waals surface area contributed by atoms with Gasteiger partial charge in [0.1, 0.15) is 5.50 Å². The van der Waals surface area contributed by atoms with Crippen molar-refractivity contribution in [3.8, 4) is 0 Å². The van der Waals surface area contributed by atoms with Gasteiger partial charge >= 0.3 is 0 Å². The number of rotatable bonds is 2. The molecule has 1 atom stereocenters. The average Bonchev–Trinajstić information content (AvgIpc) is 2.31. The maximum Gasteiger partial charge on any atom is 0.144 e. The van der Waals surface area contributed by atoms with E-state index in [4.69, 9.17) is 17.5 Å². The Morgan fingerprint density at radius 2 is 2.55 bits per heavy atom. The largest absolute Gasteiger partial charge is 0.301 e. The quantitative estimate of drug-likeness (QED) is 0.424. The minimum atomic E-state index is -0.179. The van der Waals surface area contributed by atoms with Crippen LogP contribution in [0, 0.1) is 0 Å². The van der Waals surface area contributed by atoms with Crippen molar-refractivity contribution in [2.24, 2.45) is 5.73 Å². The van der Waals surface area contributed by atoms with Crippen molar-refractivity contribution in [3.05, 3.63) is 23.3 Å². The van der Waals surface area contributed by atoms with E-state index in [1.807, 2.05) is 11.5 Å². The topological polar surface area (TPSA) is 29.3 Å². The standard InChI is InChI=1S/C6H7ClN2S2/c7-9-5(2-1-3-10)4-11-6(9)8/h1-4,6H,8H2. The highest BCUT2D eigenvalue weighted by atomic mass is 35.5. The maximum absolute atomic E-state index is 5.78. The van der Waals surface area contributed by atoms with Crippen molar-refractivity contribution >= 4 is 41.1 Å². The Morgan fingerprint density at radius 3 is 3.00 bits per heavy atom. The highest BCUT2D eigenvalue weighted by Gasteiger charge is 2.19. The number of thiocarbonyl (C=S) groups is 1. The highest BCUT2D eigenvalue weighted by Crippen LogP contribution is 2.29. The van der Waals surface area contributed by atoms with Crippen LogP contribution in [0.5, 0.6) is 0 Å². The van der Waals surface area contributed by atoms with Gasteiger partial charge in [0.25, 0.3) is 0 Å². The fourth-order valence-corrected chi connectivity index (χ4v) is 1.72. The van der Waals surface area contributed by atoms with Crippen molar-refractivity contribution in [2.45, 2.75) is 5.50 Å². The molecule has 5 heteroatoms. The Kier molecular flexibility index (Phi) is 3.39. The first-order chi connectivity index (χ1) is 5.25. The van der Waals surface area contributed by atoms with Gasteiger partial charge in [-0.1, -0.05) is 24.0 Å². The molecule has 2 N–H and O–H groups in total. The molecule has 60 valence electrons. The molecule has 0 fully saturated rings. The molecular formula is C6H7ClN2S2. The summed E-state index contributed by atoms with van der Waals surface area (Å²) in [5.74, 6) is 0. The molecule has 0 bridgehead atoms. The van der Waals surface area contributed by atoms with Crippen LogP contribution < -0.4 is 5.73 Å². The lowest BCUT2D eigenvalue weighted by molar-refractivity contribution is 0.560.